The van der Waals surface area contributed by atoms with Crippen LogP contribution in [0.1, 0.15) is 30.1 Å². The van der Waals surface area contributed by atoms with Crippen LogP contribution in [0.5, 0.6) is 5.75 Å². The van der Waals surface area contributed by atoms with Crippen molar-refractivity contribution in [2.45, 2.75) is 25.8 Å². The van der Waals surface area contributed by atoms with Crippen LogP contribution in [0, 0.1) is 5.92 Å². The molecule has 5 heteroatoms. The van der Waals surface area contributed by atoms with E-state index in [0.29, 0.717) is 29.1 Å². The number of benzene rings is 1. The molecule has 3 N–H and O–H groups in total. The summed E-state index contributed by atoms with van der Waals surface area (Å²) in [4.78, 5) is 12.0. The van der Waals surface area contributed by atoms with Gasteiger partial charge in [-0.25, -0.2) is 0 Å². The van der Waals surface area contributed by atoms with Crippen molar-refractivity contribution in [3.63, 3.8) is 0 Å². The van der Waals surface area contributed by atoms with E-state index in [0.717, 1.165) is 19.4 Å². The lowest BCUT2D eigenvalue weighted by atomic mass is 9.95. The van der Waals surface area contributed by atoms with Gasteiger partial charge < -0.3 is 15.7 Å². The number of piperidine rings is 1. The SMILES string of the molecule is CC1CCC(CNC(=O)c2cc(O)ccc2Cl)CN1. The smallest absolute Gasteiger partial charge is 0.252 e. The van der Waals surface area contributed by atoms with Crippen molar-refractivity contribution in [2.75, 3.05) is 13.1 Å². The van der Waals surface area contributed by atoms with E-state index in [1.54, 1.807) is 0 Å². The minimum Gasteiger partial charge on any atom is -0.508 e. The third-order valence-corrected chi connectivity index (χ3v) is 3.84. The summed E-state index contributed by atoms with van der Waals surface area (Å²) in [6, 6.07) is 4.94. The molecule has 1 heterocycles. The van der Waals surface area contributed by atoms with Gasteiger partial charge in [-0.2, -0.15) is 0 Å². The number of phenolic OH excluding ortho intramolecular Hbond substituents is 1. The minimum absolute atomic E-state index is 0.0442. The Labute approximate surface area is 118 Å². The monoisotopic (exact) mass is 282 g/mol. The van der Waals surface area contributed by atoms with Gasteiger partial charge in [0.25, 0.3) is 5.91 Å². The molecule has 1 fully saturated rings. The van der Waals surface area contributed by atoms with Gasteiger partial charge in [0.05, 0.1) is 10.6 Å². The van der Waals surface area contributed by atoms with Crippen LogP contribution in [-0.4, -0.2) is 30.1 Å². The highest BCUT2D eigenvalue weighted by Crippen LogP contribution is 2.21. The standard InChI is InChI=1S/C14H19ClN2O2/c1-9-2-3-10(7-16-9)8-17-14(19)12-6-11(18)4-5-13(12)15/h4-6,9-10,16,18H,2-3,7-8H2,1H3,(H,17,19). The average Bonchev–Trinajstić information content (AvgIpc) is 2.40. The summed E-state index contributed by atoms with van der Waals surface area (Å²) >= 11 is 5.95. The van der Waals surface area contributed by atoms with Crippen LogP contribution in [0.4, 0.5) is 0 Å². The zero-order valence-corrected chi connectivity index (χ0v) is 11.7. The Kier molecular flexibility index (Phi) is 4.66. The van der Waals surface area contributed by atoms with Gasteiger partial charge >= 0.3 is 0 Å². The number of nitrogens with one attached hydrogen (secondary N) is 2. The Morgan fingerprint density at radius 2 is 2.32 bits per heavy atom. The molecule has 1 aromatic carbocycles. The number of carbonyl (C=O) groups excluding carboxylic acids is 1. The lowest BCUT2D eigenvalue weighted by Crippen LogP contribution is -2.42. The number of hydrogen-bond acceptors (Lipinski definition) is 3. The summed E-state index contributed by atoms with van der Waals surface area (Å²) in [7, 11) is 0. The van der Waals surface area contributed by atoms with Crippen LogP contribution in [0.25, 0.3) is 0 Å². The van der Waals surface area contributed by atoms with E-state index in [-0.39, 0.29) is 11.7 Å². The lowest BCUT2D eigenvalue weighted by Gasteiger charge is -2.27. The number of rotatable bonds is 3. The summed E-state index contributed by atoms with van der Waals surface area (Å²) in [5.41, 5.74) is 0.318. The van der Waals surface area contributed by atoms with E-state index >= 15 is 0 Å². The van der Waals surface area contributed by atoms with Crippen LogP contribution in [0.3, 0.4) is 0 Å². The Morgan fingerprint density at radius 3 is 3.00 bits per heavy atom. The van der Waals surface area contributed by atoms with E-state index in [1.807, 2.05) is 0 Å². The fourth-order valence-electron chi connectivity index (χ4n) is 2.25. The first-order valence-corrected chi connectivity index (χ1v) is 6.94. The molecule has 104 valence electrons. The number of carbonyl (C=O) groups is 1. The van der Waals surface area contributed by atoms with Crippen LogP contribution in [0.15, 0.2) is 18.2 Å². The van der Waals surface area contributed by atoms with E-state index in [9.17, 15) is 9.90 Å². The van der Waals surface area contributed by atoms with Crippen molar-refractivity contribution in [3.8, 4) is 5.75 Å². The summed E-state index contributed by atoms with van der Waals surface area (Å²) in [6.45, 7) is 3.72. The van der Waals surface area contributed by atoms with Crippen LogP contribution in [0.2, 0.25) is 5.02 Å². The fourth-order valence-corrected chi connectivity index (χ4v) is 2.45. The summed E-state index contributed by atoms with van der Waals surface area (Å²) in [6.07, 6.45) is 2.25. The average molecular weight is 283 g/mol. The van der Waals surface area contributed by atoms with Crippen LogP contribution >= 0.6 is 11.6 Å². The predicted molar refractivity (Wildman–Crippen MR) is 75.6 cm³/mol. The molecule has 0 radical (unpaired) electrons. The number of hydrogen-bond donors (Lipinski definition) is 3. The first-order valence-electron chi connectivity index (χ1n) is 6.56. The Balaban J connectivity index is 1.89. The molecule has 1 aromatic rings. The molecule has 1 aliphatic rings. The van der Waals surface area contributed by atoms with Crippen molar-refractivity contribution < 1.29 is 9.90 Å². The van der Waals surface area contributed by atoms with E-state index in [2.05, 4.69) is 17.6 Å². The molecule has 4 nitrogen and oxygen atoms in total. The highest BCUT2D eigenvalue weighted by Gasteiger charge is 2.19. The van der Waals surface area contributed by atoms with Crippen LogP contribution < -0.4 is 10.6 Å². The summed E-state index contributed by atoms with van der Waals surface area (Å²) < 4.78 is 0. The van der Waals surface area contributed by atoms with Gasteiger partial charge in [-0.15, -0.1) is 0 Å². The third-order valence-electron chi connectivity index (χ3n) is 3.51. The second kappa shape index (κ2) is 6.26. The second-order valence-electron chi connectivity index (χ2n) is 5.13. The number of halogens is 1. The molecule has 1 amide bonds. The van der Waals surface area contributed by atoms with Gasteiger partial charge in [0.15, 0.2) is 0 Å². The molecule has 0 aromatic heterocycles. The molecular weight excluding hydrogens is 264 g/mol. The molecule has 2 unspecified atom stereocenters. The molecule has 2 rings (SSSR count). The van der Waals surface area contributed by atoms with Gasteiger partial charge in [-0.3, -0.25) is 4.79 Å². The Morgan fingerprint density at radius 1 is 1.53 bits per heavy atom. The number of phenols is 1. The fraction of sp³-hybridized carbons (Fsp3) is 0.500. The maximum Gasteiger partial charge on any atom is 0.252 e. The normalized spacial score (nSPS) is 23.1. The maximum atomic E-state index is 12.0. The molecule has 2 atom stereocenters. The van der Waals surface area contributed by atoms with E-state index in [4.69, 9.17) is 11.6 Å². The van der Waals surface area contributed by atoms with Gasteiger partial charge in [-0.05, 0) is 50.4 Å². The van der Waals surface area contributed by atoms with Crippen molar-refractivity contribution in [1.29, 1.82) is 0 Å². The minimum atomic E-state index is -0.237. The number of amides is 1. The highest BCUT2D eigenvalue weighted by molar-refractivity contribution is 6.33. The molecule has 1 aliphatic heterocycles. The zero-order chi connectivity index (χ0) is 13.8. The van der Waals surface area contributed by atoms with Crippen molar-refractivity contribution in [3.05, 3.63) is 28.8 Å². The molecular formula is C14H19ClN2O2. The van der Waals surface area contributed by atoms with E-state index < -0.39 is 0 Å². The predicted octanol–water partition coefficient (Wildman–Crippen LogP) is 2.16. The van der Waals surface area contributed by atoms with Crippen molar-refractivity contribution in [2.24, 2.45) is 5.92 Å². The third kappa shape index (κ3) is 3.85. The van der Waals surface area contributed by atoms with Crippen molar-refractivity contribution in [1.82, 2.24) is 10.6 Å². The highest BCUT2D eigenvalue weighted by atomic mass is 35.5. The lowest BCUT2D eigenvalue weighted by molar-refractivity contribution is 0.0943. The summed E-state index contributed by atoms with van der Waals surface area (Å²) in [5.74, 6) is 0.262. The topological polar surface area (TPSA) is 61.4 Å². The van der Waals surface area contributed by atoms with Crippen LogP contribution in [-0.2, 0) is 0 Å². The largest absolute Gasteiger partial charge is 0.508 e. The second-order valence-corrected chi connectivity index (χ2v) is 5.53. The molecule has 0 saturated carbocycles. The molecule has 1 saturated heterocycles. The van der Waals surface area contributed by atoms with Gasteiger partial charge in [0.1, 0.15) is 5.75 Å². The number of aromatic hydroxyl groups is 1. The molecule has 0 bridgehead atoms. The van der Waals surface area contributed by atoms with Gasteiger partial charge in [-0.1, -0.05) is 11.6 Å². The first-order chi connectivity index (χ1) is 9.06. The molecule has 0 spiro atoms. The quantitative estimate of drug-likeness (QED) is 0.796. The Hall–Kier alpha value is -1.26. The maximum absolute atomic E-state index is 12.0. The zero-order valence-electron chi connectivity index (χ0n) is 10.9. The van der Waals surface area contributed by atoms with E-state index in [1.165, 1.54) is 18.2 Å². The molecule has 19 heavy (non-hydrogen) atoms. The van der Waals surface area contributed by atoms with Crippen molar-refractivity contribution >= 4 is 17.5 Å². The molecule has 0 aliphatic carbocycles. The first kappa shape index (κ1) is 14.2. The summed E-state index contributed by atoms with van der Waals surface area (Å²) in [5, 5.41) is 16.0. The van der Waals surface area contributed by atoms with Gasteiger partial charge in [0.2, 0.25) is 0 Å². The Bertz CT molecular complexity index is 457. The van der Waals surface area contributed by atoms with Gasteiger partial charge in [0, 0.05) is 12.6 Å².